The number of carbonyl (C=O) groups is 2. The van der Waals surface area contributed by atoms with Crippen LogP contribution in [0.3, 0.4) is 0 Å². The third kappa shape index (κ3) is 4.47. The molecule has 4 rings (SSSR count). The Morgan fingerprint density at radius 1 is 1.06 bits per heavy atom. The molecule has 2 amide bonds. The highest BCUT2D eigenvalue weighted by Gasteiger charge is 2.34. The van der Waals surface area contributed by atoms with Crippen molar-refractivity contribution in [2.75, 3.05) is 0 Å². The van der Waals surface area contributed by atoms with Crippen LogP contribution in [-0.4, -0.2) is 27.2 Å². The Hall–Kier alpha value is -3.16. The molecule has 1 heterocycles. The molecule has 0 aromatic heterocycles. The highest BCUT2D eigenvalue weighted by Crippen LogP contribution is 2.36. The topological polar surface area (TPSA) is 58.6 Å². The van der Waals surface area contributed by atoms with E-state index in [1.54, 1.807) is 30.3 Å². The molecule has 3 aromatic carbocycles. The fraction of sp³-hybridized carbons (Fsp3) is 0.125. The Kier molecular flexibility index (Phi) is 6.06. The molecule has 3 aromatic rings. The van der Waals surface area contributed by atoms with Crippen molar-refractivity contribution in [3.8, 4) is 5.75 Å². The average Bonchev–Trinajstić information content (AvgIpc) is 3.03. The summed E-state index contributed by atoms with van der Waals surface area (Å²) in [4.78, 5) is 26.0. The Morgan fingerprint density at radius 2 is 1.77 bits per heavy atom. The van der Waals surface area contributed by atoms with Crippen LogP contribution >= 0.6 is 24.0 Å². The van der Waals surface area contributed by atoms with Crippen LogP contribution in [0.25, 0.3) is 16.8 Å². The molecule has 0 radical (unpaired) electrons. The van der Waals surface area contributed by atoms with Crippen LogP contribution in [0.1, 0.15) is 29.8 Å². The number of thioether (sulfide) groups is 1. The lowest BCUT2D eigenvalue weighted by molar-refractivity contribution is -0.123. The maximum Gasteiger partial charge on any atom is 0.285 e. The number of amides is 2. The van der Waals surface area contributed by atoms with Crippen molar-refractivity contribution in [2.45, 2.75) is 20.0 Å². The van der Waals surface area contributed by atoms with Gasteiger partial charge >= 0.3 is 0 Å². The summed E-state index contributed by atoms with van der Waals surface area (Å²) < 4.78 is 6.26. The van der Waals surface area contributed by atoms with E-state index in [0.717, 1.165) is 33.1 Å². The molecule has 31 heavy (non-hydrogen) atoms. The lowest BCUT2D eigenvalue weighted by Crippen LogP contribution is -2.44. The zero-order chi connectivity index (χ0) is 22.0. The second kappa shape index (κ2) is 8.91. The maximum absolute atomic E-state index is 13.1. The molecule has 1 N–H and O–H groups in total. The number of fused-ring (bicyclic) bond motifs is 1. The minimum Gasteiger partial charge on any atom is -0.490 e. The fourth-order valence-corrected chi connectivity index (χ4v) is 4.39. The number of hydrazine groups is 1. The van der Waals surface area contributed by atoms with E-state index < -0.39 is 5.91 Å². The first-order valence-corrected chi connectivity index (χ1v) is 11.0. The van der Waals surface area contributed by atoms with Gasteiger partial charge in [0, 0.05) is 11.1 Å². The van der Waals surface area contributed by atoms with Crippen LogP contribution in [0.5, 0.6) is 5.75 Å². The average molecular weight is 449 g/mol. The van der Waals surface area contributed by atoms with Crippen LogP contribution in [-0.2, 0) is 4.79 Å². The third-order valence-electron chi connectivity index (χ3n) is 4.61. The van der Waals surface area contributed by atoms with E-state index >= 15 is 0 Å². The van der Waals surface area contributed by atoms with Crippen LogP contribution in [0.2, 0.25) is 0 Å². The van der Waals surface area contributed by atoms with Crippen LogP contribution in [0.4, 0.5) is 0 Å². The van der Waals surface area contributed by atoms with Gasteiger partial charge in [-0.05, 0) is 61.1 Å². The standard InChI is InChI=1S/C24H20N2O3S2/c1-15(2)29-20-13-12-16-8-6-7-11-18(16)19(20)14-21-23(28)26(24(30)31-21)25-22(27)17-9-4-3-5-10-17/h3-15H,1-2H3,(H,25,27)/b21-14+. The van der Waals surface area contributed by atoms with Gasteiger partial charge in [-0.1, -0.05) is 60.3 Å². The molecular formula is C24H20N2O3S2. The molecule has 0 saturated carbocycles. The molecule has 1 saturated heterocycles. The molecule has 0 unspecified atom stereocenters. The second-order valence-electron chi connectivity index (χ2n) is 7.19. The molecule has 1 aliphatic rings. The molecule has 0 aliphatic carbocycles. The highest BCUT2D eigenvalue weighted by atomic mass is 32.2. The number of rotatable bonds is 5. The van der Waals surface area contributed by atoms with Crippen molar-refractivity contribution in [3.63, 3.8) is 0 Å². The van der Waals surface area contributed by atoms with Gasteiger partial charge in [-0.15, -0.1) is 0 Å². The van der Waals surface area contributed by atoms with E-state index in [4.69, 9.17) is 17.0 Å². The quantitative estimate of drug-likeness (QED) is 0.431. The third-order valence-corrected chi connectivity index (χ3v) is 5.91. The number of benzene rings is 3. The first kappa shape index (κ1) is 21.1. The number of carbonyl (C=O) groups excluding carboxylic acids is 2. The van der Waals surface area contributed by atoms with Crippen molar-refractivity contribution in [2.24, 2.45) is 0 Å². The monoisotopic (exact) mass is 448 g/mol. The van der Waals surface area contributed by atoms with Gasteiger partial charge in [0.05, 0.1) is 11.0 Å². The van der Waals surface area contributed by atoms with Gasteiger partial charge in [0.25, 0.3) is 11.8 Å². The first-order valence-electron chi connectivity index (χ1n) is 9.76. The second-order valence-corrected chi connectivity index (χ2v) is 8.86. The van der Waals surface area contributed by atoms with Crippen LogP contribution in [0.15, 0.2) is 71.6 Å². The van der Waals surface area contributed by atoms with Gasteiger partial charge in [0.15, 0.2) is 4.32 Å². The molecule has 7 heteroatoms. The number of thiocarbonyl (C=S) groups is 1. The molecule has 0 spiro atoms. The summed E-state index contributed by atoms with van der Waals surface area (Å²) in [7, 11) is 0. The number of nitrogens with one attached hydrogen (secondary N) is 1. The Labute approximate surface area is 190 Å². The van der Waals surface area contributed by atoms with E-state index in [9.17, 15) is 9.59 Å². The summed E-state index contributed by atoms with van der Waals surface area (Å²) in [5.41, 5.74) is 3.86. The smallest absolute Gasteiger partial charge is 0.285 e. The molecule has 156 valence electrons. The van der Waals surface area contributed by atoms with E-state index in [1.165, 1.54) is 0 Å². The summed E-state index contributed by atoms with van der Waals surface area (Å²) in [6.07, 6.45) is 1.77. The van der Waals surface area contributed by atoms with E-state index in [2.05, 4.69) is 5.43 Å². The normalized spacial score (nSPS) is 15.2. The molecule has 0 bridgehead atoms. The predicted octanol–water partition coefficient (Wildman–Crippen LogP) is 5.17. The summed E-state index contributed by atoms with van der Waals surface area (Å²) in [5.74, 6) is -0.0813. The number of ether oxygens (including phenoxy) is 1. The molecular weight excluding hydrogens is 428 g/mol. The zero-order valence-corrected chi connectivity index (χ0v) is 18.6. The highest BCUT2D eigenvalue weighted by molar-refractivity contribution is 8.26. The number of hydrogen-bond acceptors (Lipinski definition) is 5. The summed E-state index contributed by atoms with van der Waals surface area (Å²) in [6, 6.07) is 20.5. The minimum absolute atomic E-state index is 0.0204. The van der Waals surface area contributed by atoms with Gasteiger partial charge in [0.2, 0.25) is 0 Å². The fourth-order valence-electron chi connectivity index (χ4n) is 3.23. The van der Waals surface area contributed by atoms with E-state index in [-0.39, 0.29) is 16.3 Å². The van der Waals surface area contributed by atoms with Crippen LogP contribution < -0.4 is 10.2 Å². The Morgan fingerprint density at radius 3 is 2.52 bits per heavy atom. The number of nitrogens with zero attached hydrogens (tertiary/aromatic N) is 1. The minimum atomic E-state index is -0.396. The van der Waals surface area contributed by atoms with Crippen molar-refractivity contribution >= 4 is 57.0 Å². The lowest BCUT2D eigenvalue weighted by atomic mass is 10.0. The van der Waals surface area contributed by atoms with Crippen molar-refractivity contribution in [1.29, 1.82) is 0 Å². The van der Waals surface area contributed by atoms with E-state index in [0.29, 0.717) is 16.2 Å². The molecule has 1 aliphatic heterocycles. The van der Waals surface area contributed by atoms with Gasteiger partial charge in [-0.25, -0.2) is 0 Å². The van der Waals surface area contributed by atoms with Crippen molar-refractivity contribution < 1.29 is 14.3 Å². The molecule has 1 fully saturated rings. The predicted molar refractivity (Wildman–Crippen MR) is 129 cm³/mol. The number of hydrogen-bond donors (Lipinski definition) is 1. The van der Waals surface area contributed by atoms with Crippen molar-refractivity contribution in [3.05, 3.63) is 82.8 Å². The van der Waals surface area contributed by atoms with E-state index in [1.807, 2.05) is 56.3 Å². The summed E-state index contributed by atoms with van der Waals surface area (Å²) in [6.45, 7) is 3.91. The van der Waals surface area contributed by atoms with Gasteiger partial charge < -0.3 is 4.74 Å². The SMILES string of the molecule is CC(C)Oc1ccc2ccccc2c1/C=C1/SC(=S)N(NC(=O)c2ccccc2)C1=O. The summed E-state index contributed by atoms with van der Waals surface area (Å²) >= 11 is 6.51. The Bertz CT molecular complexity index is 1210. The van der Waals surface area contributed by atoms with Crippen molar-refractivity contribution in [1.82, 2.24) is 10.4 Å². The van der Waals surface area contributed by atoms with Crippen LogP contribution in [0, 0.1) is 0 Å². The van der Waals surface area contributed by atoms with Gasteiger partial charge in [-0.3, -0.25) is 15.0 Å². The zero-order valence-electron chi connectivity index (χ0n) is 17.0. The maximum atomic E-state index is 13.1. The molecule has 5 nitrogen and oxygen atoms in total. The van der Waals surface area contributed by atoms with Gasteiger partial charge in [0.1, 0.15) is 5.75 Å². The first-order chi connectivity index (χ1) is 14.9. The molecule has 0 atom stereocenters. The largest absolute Gasteiger partial charge is 0.490 e. The Balaban J connectivity index is 1.68. The van der Waals surface area contributed by atoms with Gasteiger partial charge in [-0.2, -0.15) is 5.01 Å². The summed E-state index contributed by atoms with van der Waals surface area (Å²) in [5, 5.41) is 3.13. The lowest BCUT2D eigenvalue weighted by Gasteiger charge is -2.16.